The van der Waals surface area contributed by atoms with Gasteiger partial charge in [-0.3, -0.25) is 0 Å². The lowest BCUT2D eigenvalue weighted by atomic mass is 10.2. The second-order valence-corrected chi connectivity index (χ2v) is 2.83. The predicted molar refractivity (Wildman–Crippen MR) is 64.8 cm³/mol. The molecule has 16 heavy (non-hydrogen) atoms. The first-order valence-electron chi connectivity index (χ1n) is 5.14. The van der Waals surface area contributed by atoms with Gasteiger partial charge in [-0.15, -0.1) is 0 Å². The van der Waals surface area contributed by atoms with Crippen LogP contribution in [-0.4, -0.2) is 25.2 Å². The highest BCUT2D eigenvalue weighted by Gasteiger charge is 1.87. The summed E-state index contributed by atoms with van der Waals surface area (Å²) in [5.74, 6) is 0. The van der Waals surface area contributed by atoms with Gasteiger partial charge in [-0.25, -0.2) is 19.6 Å². The van der Waals surface area contributed by atoms with Crippen molar-refractivity contribution in [2.75, 3.05) is 13.1 Å². The Labute approximate surface area is 96.5 Å². The highest BCUT2D eigenvalue weighted by Crippen LogP contribution is 1.99. The van der Waals surface area contributed by atoms with Gasteiger partial charge in [0.2, 0.25) is 12.2 Å². The maximum Gasteiger partial charge on any atom is 0.234 e. The van der Waals surface area contributed by atoms with E-state index in [4.69, 9.17) is 0 Å². The van der Waals surface area contributed by atoms with E-state index in [0.29, 0.717) is 13.1 Å². The van der Waals surface area contributed by atoms with Crippen molar-refractivity contribution >= 4 is 12.2 Å². The standard InChI is InChI=1S/C8H12N2O2.C4H6/c11-7-9-5-3-1-2-4-6-10-8-12;1-3-4-2/h1-6H2;3-4H,1-2H2. The third-order valence-electron chi connectivity index (χ3n) is 1.59. The number of allylic oxidation sites excluding steroid dienone is 2. The van der Waals surface area contributed by atoms with Crippen LogP contribution in [0.1, 0.15) is 25.7 Å². The van der Waals surface area contributed by atoms with Crippen LogP contribution in [0, 0.1) is 0 Å². The molecule has 0 aliphatic carbocycles. The smallest absolute Gasteiger partial charge is 0.211 e. The van der Waals surface area contributed by atoms with Crippen molar-refractivity contribution in [2.24, 2.45) is 9.98 Å². The number of nitrogens with zero attached hydrogens (tertiary/aromatic N) is 2. The van der Waals surface area contributed by atoms with Gasteiger partial charge in [0.15, 0.2) is 0 Å². The number of aliphatic imine (C=N–C) groups is 2. The molecule has 0 aromatic rings. The van der Waals surface area contributed by atoms with E-state index in [9.17, 15) is 9.59 Å². The number of hydrogen-bond donors (Lipinski definition) is 0. The summed E-state index contributed by atoms with van der Waals surface area (Å²) >= 11 is 0. The fourth-order valence-corrected chi connectivity index (χ4v) is 0.827. The zero-order chi connectivity index (χ0) is 12.5. The topological polar surface area (TPSA) is 58.9 Å². The van der Waals surface area contributed by atoms with E-state index in [1.54, 1.807) is 12.2 Å². The van der Waals surface area contributed by atoms with Gasteiger partial charge in [0.25, 0.3) is 0 Å². The second-order valence-electron chi connectivity index (χ2n) is 2.83. The van der Waals surface area contributed by atoms with E-state index in [1.807, 2.05) is 0 Å². The molecule has 0 radical (unpaired) electrons. The van der Waals surface area contributed by atoms with Gasteiger partial charge >= 0.3 is 0 Å². The van der Waals surface area contributed by atoms with Crippen LogP contribution in [-0.2, 0) is 9.59 Å². The lowest BCUT2D eigenvalue weighted by Gasteiger charge is -1.93. The van der Waals surface area contributed by atoms with Crippen molar-refractivity contribution in [3.8, 4) is 0 Å². The highest BCUT2D eigenvalue weighted by atomic mass is 16.1. The molecule has 0 saturated carbocycles. The molecular weight excluding hydrogens is 204 g/mol. The molecule has 0 aromatic carbocycles. The molecular formula is C12H18N2O2. The van der Waals surface area contributed by atoms with Gasteiger partial charge in [-0.1, -0.05) is 38.2 Å². The Morgan fingerprint density at radius 2 is 1.19 bits per heavy atom. The van der Waals surface area contributed by atoms with Crippen molar-refractivity contribution in [3.05, 3.63) is 25.3 Å². The molecule has 0 N–H and O–H groups in total. The molecule has 0 atom stereocenters. The Hall–Kier alpha value is -1.76. The maximum absolute atomic E-state index is 9.63. The van der Waals surface area contributed by atoms with E-state index in [2.05, 4.69) is 23.1 Å². The molecule has 0 fully saturated rings. The first-order valence-corrected chi connectivity index (χ1v) is 5.14. The van der Waals surface area contributed by atoms with Gasteiger partial charge in [0.05, 0.1) is 13.1 Å². The van der Waals surface area contributed by atoms with Crippen LogP contribution in [0.2, 0.25) is 0 Å². The van der Waals surface area contributed by atoms with Gasteiger partial charge in [-0.2, -0.15) is 0 Å². The molecule has 0 aromatic heterocycles. The van der Waals surface area contributed by atoms with Crippen LogP contribution in [0.4, 0.5) is 0 Å². The quantitative estimate of drug-likeness (QED) is 0.274. The molecule has 0 rings (SSSR count). The zero-order valence-electron chi connectivity index (χ0n) is 9.52. The SMILES string of the molecule is C=CC=C.O=C=NCCCCCCN=C=O. The number of rotatable bonds is 8. The van der Waals surface area contributed by atoms with E-state index < -0.39 is 0 Å². The summed E-state index contributed by atoms with van der Waals surface area (Å²) in [6, 6.07) is 0. The summed E-state index contributed by atoms with van der Waals surface area (Å²) < 4.78 is 0. The second kappa shape index (κ2) is 18.9. The number of isocyanates is 2. The monoisotopic (exact) mass is 222 g/mol. The van der Waals surface area contributed by atoms with E-state index >= 15 is 0 Å². The minimum absolute atomic E-state index is 0.556. The average molecular weight is 222 g/mol. The molecule has 0 aliphatic heterocycles. The molecule has 0 bridgehead atoms. The fourth-order valence-electron chi connectivity index (χ4n) is 0.827. The average Bonchev–Trinajstić information content (AvgIpc) is 2.33. The number of unbranched alkanes of at least 4 members (excludes halogenated alkanes) is 3. The van der Waals surface area contributed by atoms with Crippen molar-refractivity contribution in [2.45, 2.75) is 25.7 Å². The normalized spacial score (nSPS) is 7.50. The largest absolute Gasteiger partial charge is 0.234 e. The molecule has 0 heterocycles. The van der Waals surface area contributed by atoms with Crippen LogP contribution < -0.4 is 0 Å². The van der Waals surface area contributed by atoms with Crippen molar-refractivity contribution < 1.29 is 9.59 Å². The molecule has 4 nitrogen and oxygen atoms in total. The number of hydrogen-bond acceptors (Lipinski definition) is 4. The third kappa shape index (κ3) is 22.8. The first kappa shape index (κ1) is 16.7. The highest BCUT2D eigenvalue weighted by molar-refractivity contribution is 5.32. The summed E-state index contributed by atoms with van der Waals surface area (Å²) in [7, 11) is 0. The van der Waals surface area contributed by atoms with Crippen LogP contribution >= 0.6 is 0 Å². The Balaban J connectivity index is 0. The summed E-state index contributed by atoms with van der Waals surface area (Å²) in [5, 5.41) is 0. The van der Waals surface area contributed by atoms with Crippen molar-refractivity contribution in [1.82, 2.24) is 0 Å². The lowest BCUT2D eigenvalue weighted by Crippen LogP contribution is -1.84. The number of carbonyl (C=O) groups excluding carboxylic acids is 2. The molecule has 0 amide bonds. The lowest BCUT2D eigenvalue weighted by molar-refractivity contribution is 0.558. The molecule has 0 aliphatic rings. The molecule has 0 spiro atoms. The summed E-state index contributed by atoms with van der Waals surface area (Å²) in [4.78, 5) is 26.1. The van der Waals surface area contributed by atoms with Gasteiger partial charge < -0.3 is 0 Å². The minimum atomic E-state index is 0.556. The van der Waals surface area contributed by atoms with Crippen LogP contribution in [0.15, 0.2) is 35.3 Å². The van der Waals surface area contributed by atoms with Crippen molar-refractivity contribution in [1.29, 1.82) is 0 Å². The van der Waals surface area contributed by atoms with Gasteiger partial charge in [0, 0.05) is 0 Å². The zero-order valence-corrected chi connectivity index (χ0v) is 9.52. The van der Waals surface area contributed by atoms with E-state index in [0.717, 1.165) is 25.7 Å². The molecule has 0 saturated heterocycles. The fraction of sp³-hybridized carbons (Fsp3) is 0.500. The van der Waals surface area contributed by atoms with Gasteiger partial charge in [-0.05, 0) is 12.8 Å². The Morgan fingerprint density at radius 3 is 1.44 bits per heavy atom. The summed E-state index contributed by atoms with van der Waals surface area (Å²) in [6.45, 7) is 7.83. The van der Waals surface area contributed by atoms with Crippen LogP contribution in [0.5, 0.6) is 0 Å². The Kier molecular flexibility index (Phi) is 19.7. The first-order chi connectivity index (χ1) is 7.83. The van der Waals surface area contributed by atoms with Crippen LogP contribution in [0.3, 0.4) is 0 Å². The molecule has 0 unspecified atom stereocenters. The van der Waals surface area contributed by atoms with Crippen LogP contribution in [0.25, 0.3) is 0 Å². The molecule has 4 heteroatoms. The minimum Gasteiger partial charge on any atom is -0.211 e. The predicted octanol–water partition coefficient (Wildman–Crippen LogP) is 2.58. The van der Waals surface area contributed by atoms with E-state index in [1.165, 1.54) is 12.2 Å². The summed E-state index contributed by atoms with van der Waals surface area (Å²) in [5.41, 5.74) is 0. The van der Waals surface area contributed by atoms with Crippen molar-refractivity contribution in [3.63, 3.8) is 0 Å². The van der Waals surface area contributed by atoms with E-state index in [-0.39, 0.29) is 0 Å². The maximum atomic E-state index is 9.63. The Bertz CT molecular complexity index is 234. The summed E-state index contributed by atoms with van der Waals surface area (Å²) in [6.07, 6.45) is 10.1. The molecule has 88 valence electrons. The van der Waals surface area contributed by atoms with Gasteiger partial charge in [0.1, 0.15) is 0 Å². The third-order valence-corrected chi connectivity index (χ3v) is 1.59. The Morgan fingerprint density at radius 1 is 0.812 bits per heavy atom.